The van der Waals surface area contributed by atoms with Crippen LogP contribution < -0.4 is 5.32 Å². The highest BCUT2D eigenvalue weighted by atomic mass is 35.5. The van der Waals surface area contributed by atoms with Crippen molar-refractivity contribution >= 4 is 29.3 Å². The third-order valence-corrected chi connectivity index (χ3v) is 4.98. The summed E-state index contributed by atoms with van der Waals surface area (Å²) in [6.07, 6.45) is 4.41. The molecule has 3 heterocycles. The van der Waals surface area contributed by atoms with Crippen molar-refractivity contribution in [2.24, 2.45) is 0 Å². The lowest BCUT2D eigenvalue weighted by molar-refractivity contribution is -0.135. The summed E-state index contributed by atoms with van der Waals surface area (Å²) in [6, 6.07) is 12.0. The lowest BCUT2D eigenvalue weighted by Crippen LogP contribution is -2.49. The van der Waals surface area contributed by atoms with E-state index in [2.05, 4.69) is 26.8 Å². The average Bonchev–Trinajstić information content (AvgIpc) is 3.06. The SMILES string of the molecule is CCc1nc2ccccc2n1CC(=O)N1CCNCC1c1cccnc1.Cl. The van der Waals surface area contributed by atoms with Crippen molar-refractivity contribution in [3.63, 3.8) is 0 Å². The van der Waals surface area contributed by atoms with Crippen LogP contribution in [0.15, 0.2) is 48.8 Å². The number of hydrogen-bond donors (Lipinski definition) is 1. The molecular weight excluding hydrogens is 362 g/mol. The Morgan fingerprint density at radius 3 is 2.89 bits per heavy atom. The number of benzene rings is 1. The van der Waals surface area contributed by atoms with Crippen molar-refractivity contribution in [2.75, 3.05) is 19.6 Å². The standard InChI is InChI=1S/C20H23N5O.ClH/c1-2-19-23-16-7-3-4-8-17(16)25(19)14-20(26)24-11-10-22-13-18(24)15-6-5-9-21-12-15;/h3-9,12,18,22H,2,10-11,13-14H2,1H3;1H. The maximum absolute atomic E-state index is 13.2. The maximum Gasteiger partial charge on any atom is 0.243 e. The molecule has 6 nitrogen and oxygen atoms in total. The fourth-order valence-electron chi connectivity index (χ4n) is 3.67. The Hall–Kier alpha value is -2.44. The van der Waals surface area contributed by atoms with E-state index in [1.54, 1.807) is 6.20 Å². The smallest absolute Gasteiger partial charge is 0.243 e. The number of pyridine rings is 1. The van der Waals surface area contributed by atoms with Crippen molar-refractivity contribution < 1.29 is 4.79 Å². The number of piperazine rings is 1. The molecule has 1 aliphatic heterocycles. The van der Waals surface area contributed by atoms with Crippen LogP contribution in [0.3, 0.4) is 0 Å². The number of halogens is 1. The number of aromatic nitrogens is 3. The molecule has 1 atom stereocenters. The van der Waals surface area contributed by atoms with Gasteiger partial charge in [0.2, 0.25) is 5.91 Å². The number of hydrogen-bond acceptors (Lipinski definition) is 4. The highest BCUT2D eigenvalue weighted by Gasteiger charge is 2.28. The van der Waals surface area contributed by atoms with Gasteiger partial charge in [0.05, 0.1) is 17.1 Å². The molecule has 0 bridgehead atoms. The fraction of sp³-hybridized carbons (Fsp3) is 0.350. The first kappa shape index (κ1) is 19.3. The quantitative estimate of drug-likeness (QED) is 0.749. The molecule has 0 radical (unpaired) electrons. The minimum absolute atomic E-state index is 0. The van der Waals surface area contributed by atoms with E-state index in [9.17, 15) is 4.79 Å². The summed E-state index contributed by atoms with van der Waals surface area (Å²) in [6.45, 7) is 4.66. The lowest BCUT2D eigenvalue weighted by atomic mass is 10.1. The van der Waals surface area contributed by atoms with E-state index < -0.39 is 0 Å². The Bertz CT molecular complexity index is 911. The number of nitrogens with one attached hydrogen (secondary N) is 1. The molecule has 142 valence electrons. The third-order valence-electron chi connectivity index (χ3n) is 4.98. The number of carbonyl (C=O) groups excluding carboxylic acids is 1. The molecule has 3 aromatic rings. The summed E-state index contributed by atoms with van der Waals surface area (Å²) in [5, 5.41) is 3.39. The zero-order valence-electron chi connectivity index (χ0n) is 15.3. The van der Waals surface area contributed by atoms with Crippen LogP contribution in [0, 0.1) is 0 Å². The van der Waals surface area contributed by atoms with Gasteiger partial charge >= 0.3 is 0 Å². The number of rotatable bonds is 4. The number of para-hydroxylation sites is 2. The molecule has 1 N–H and O–H groups in total. The van der Waals surface area contributed by atoms with Crippen molar-refractivity contribution in [1.82, 2.24) is 24.8 Å². The predicted octanol–water partition coefficient (Wildman–Crippen LogP) is 2.59. The van der Waals surface area contributed by atoms with Crippen molar-refractivity contribution in [1.29, 1.82) is 0 Å². The van der Waals surface area contributed by atoms with Crippen LogP contribution in [-0.4, -0.2) is 45.0 Å². The van der Waals surface area contributed by atoms with Crippen LogP contribution in [0.4, 0.5) is 0 Å². The second kappa shape index (κ2) is 8.50. The van der Waals surface area contributed by atoms with Gasteiger partial charge in [-0.15, -0.1) is 12.4 Å². The Morgan fingerprint density at radius 2 is 2.11 bits per heavy atom. The minimum Gasteiger partial charge on any atom is -0.331 e. The van der Waals surface area contributed by atoms with E-state index in [-0.39, 0.29) is 24.4 Å². The molecule has 1 unspecified atom stereocenters. The largest absolute Gasteiger partial charge is 0.331 e. The molecule has 1 aromatic carbocycles. The highest BCUT2D eigenvalue weighted by molar-refractivity contribution is 5.85. The normalized spacial score (nSPS) is 16.9. The molecule has 7 heteroatoms. The molecule has 4 rings (SSSR count). The minimum atomic E-state index is 0. The molecule has 27 heavy (non-hydrogen) atoms. The molecular formula is C20H24ClN5O. The van der Waals surface area contributed by atoms with Gasteiger partial charge in [-0.3, -0.25) is 9.78 Å². The fourth-order valence-corrected chi connectivity index (χ4v) is 3.67. The number of fused-ring (bicyclic) bond motifs is 1. The first-order valence-corrected chi connectivity index (χ1v) is 9.12. The van der Waals surface area contributed by atoms with Gasteiger partial charge in [-0.1, -0.05) is 25.1 Å². The van der Waals surface area contributed by atoms with Gasteiger partial charge in [-0.25, -0.2) is 4.98 Å². The van der Waals surface area contributed by atoms with Gasteiger partial charge < -0.3 is 14.8 Å². The Balaban J connectivity index is 0.00000210. The number of amides is 1. The van der Waals surface area contributed by atoms with E-state index in [0.29, 0.717) is 13.1 Å². The van der Waals surface area contributed by atoms with Crippen molar-refractivity contribution in [3.05, 3.63) is 60.2 Å². The van der Waals surface area contributed by atoms with Gasteiger partial charge in [0.25, 0.3) is 0 Å². The first-order chi connectivity index (χ1) is 12.8. The second-order valence-corrected chi connectivity index (χ2v) is 6.55. The van der Waals surface area contributed by atoms with Gasteiger partial charge in [0.15, 0.2) is 0 Å². The molecule has 0 aliphatic carbocycles. The molecule has 1 aliphatic rings. The molecule has 0 spiro atoms. The number of imidazole rings is 1. The zero-order chi connectivity index (χ0) is 17.9. The number of aryl methyl sites for hydroxylation is 1. The van der Waals surface area contributed by atoms with Crippen LogP contribution in [0.25, 0.3) is 11.0 Å². The Morgan fingerprint density at radius 1 is 1.26 bits per heavy atom. The van der Waals surface area contributed by atoms with Gasteiger partial charge in [-0.2, -0.15) is 0 Å². The topological polar surface area (TPSA) is 63.1 Å². The Kier molecular flexibility index (Phi) is 6.08. The summed E-state index contributed by atoms with van der Waals surface area (Å²) in [7, 11) is 0. The number of carbonyl (C=O) groups is 1. The average molecular weight is 386 g/mol. The summed E-state index contributed by atoms with van der Waals surface area (Å²) >= 11 is 0. The van der Waals surface area contributed by atoms with Crippen molar-refractivity contribution in [3.8, 4) is 0 Å². The van der Waals surface area contributed by atoms with E-state index in [1.807, 2.05) is 47.5 Å². The van der Waals surface area contributed by atoms with Gasteiger partial charge in [0.1, 0.15) is 12.4 Å². The van der Waals surface area contributed by atoms with Crippen LogP contribution in [0.1, 0.15) is 24.4 Å². The zero-order valence-corrected chi connectivity index (χ0v) is 16.2. The van der Waals surface area contributed by atoms with Crippen LogP contribution in [0.5, 0.6) is 0 Å². The molecule has 0 saturated carbocycles. The highest BCUT2D eigenvalue weighted by Crippen LogP contribution is 2.23. The summed E-state index contributed by atoms with van der Waals surface area (Å²) in [5.74, 6) is 1.07. The maximum atomic E-state index is 13.2. The van der Waals surface area contributed by atoms with Crippen LogP contribution >= 0.6 is 12.4 Å². The molecule has 1 fully saturated rings. The Labute approximate surface area is 165 Å². The second-order valence-electron chi connectivity index (χ2n) is 6.55. The van der Waals surface area contributed by atoms with Crippen LogP contribution in [-0.2, 0) is 17.8 Å². The van der Waals surface area contributed by atoms with E-state index in [0.717, 1.165) is 41.9 Å². The lowest BCUT2D eigenvalue weighted by Gasteiger charge is -2.36. The van der Waals surface area contributed by atoms with Crippen molar-refractivity contribution in [2.45, 2.75) is 25.9 Å². The monoisotopic (exact) mass is 385 g/mol. The molecule has 1 amide bonds. The molecule has 1 saturated heterocycles. The predicted molar refractivity (Wildman–Crippen MR) is 108 cm³/mol. The summed E-state index contributed by atoms with van der Waals surface area (Å²) in [4.78, 5) is 24.1. The molecule has 2 aromatic heterocycles. The third kappa shape index (κ3) is 3.82. The van der Waals surface area contributed by atoms with E-state index in [1.165, 1.54) is 0 Å². The van der Waals surface area contributed by atoms with Gasteiger partial charge in [-0.05, 0) is 23.8 Å². The summed E-state index contributed by atoms with van der Waals surface area (Å²) in [5.41, 5.74) is 3.03. The van der Waals surface area contributed by atoms with Gasteiger partial charge in [0, 0.05) is 38.4 Å². The number of nitrogens with zero attached hydrogens (tertiary/aromatic N) is 4. The first-order valence-electron chi connectivity index (χ1n) is 9.12. The van der Waals surface area contributed by atoms with Crippen LogP contribution in [0.2, 0.25) is 0 Å². The van der Waals surface area contributed by atoms with E-state index >= 15 is 0 Å². The summed E-state index contributed by atoms with van der Waals surface area (Å²) < 4.78 is 2.06. The van der Waals surface area contributed by atoms with E-state index in [4.69, 9.17) is 0 Å².